The van der Waals surface area contributed by atoms with Gasteiger partial charge in [0.15, 0.2) is 6.29 Å². The van der Waals surface area contributed by atoms with Gasteiger partial charge in [-0.25, -0.2) is 9.07 Å². The summed E-state index contributed by atoms with van der Waals surface area (Å²) in [5.41, 5.74) is 1.10. The Balaban J connectivity index is 2.61. The molecule has 0 atom stereocenters. The van der Waals surface area contributed by atoms with Gasteiger partial charge in [0.25, 0.3) is 0 Å². The lowest BCUT2D eigenvalue weighted by Crippen LogP contribution is -2.04. The van der Waals surface area contributed by atoms with Crippen LogP contribution in [0, 0.1) is 5.82 Å². The van der Waals surface area contributed by atoms with Gasteiger partial charge in [-0.3, -0.25) is 4.79 Å². The van der Waals surface area contributed by atoms with E-state index in [4.69, 9.17) is 0 Å². The Hall–Kier alpha value is -2.04. The molecule has 0 unspecified atom stereocenters. The summed E-state index contributed by atoms with van der Waals surface area (Å²) in [6, 6.07) is 6.13. The molecule has 2 rings (SSSR count). The molecule has 0 saturated carbocycles. The number of aryl methyl sites for hydroxylation is 1. The molecule has 2 aromatic rings. The van der Waals surface area contributed by atoms with Crippen molar-refractivity contribution in [2.45, 2.75) is 13.3 Å². The topological polar surface area (TPSA) is 47.8 Å². The molecule has 0 bridgehead atoms. The molecule has 16 heavy (non-hydrogen) atoms. The first-order chi connectivity index (χ1) is 7.77. The van der Waals surface area contributed by atoms with Crippen LogP contribution in [0.25, 0.3) is 5.69 Å². The third-order valence-electron chi connectivity index (χ3n) is 2.31. The second-order valence-electron chi connectivity index (χ2n) is 3.26. The van der Waals surface area contributed by atoms with Gasteiger partial charge in [-0.2, -0.15) is 0 Å². The monoisotopic (exact) mass is 219 g/mol. The van der Waals surface area contributed by atoms with Crippen LogP contribution < -0.4 is 0 Å². The number of carbonyl (C=O) groups excluding carboxylic acids is 1. The molecule has 0 N–H and O–H groups in total. The van der Waals surface area contributed by atoms with Gasteiger partial charge in [0, 0.05) is 0 Å². The van der Waals surface area contributed by atoms with Gasteiger partial charge in [0.05, 0.1) is 5.69 Å². The first-order valence-electron chi connectivity index (χ1n) is 4.92. The summed E-state index contributed by atoms with van der Waals surface area (Å²) in [7, 11) is 0. The van der Waals surface area contributed by atoms with E-state index < -0.39 is 5.82 Å². The van der Waals surface area contributed by atoms with Crippen molar-refractivity contribution in [1.82, 2.24) is 15.0 Å². The van der Waals surface area contributed by atoms with Gasteiger partial charge < -0.3 is 0 Å². The fourth-order valence-electron chi connectivity index (χ4n) is 1.49. The molecule has 0 saturated heterocycles. The van der Waals surface area contributed by atoms with Crippen molar-refractivity contribution in [3.63, 3.8) is 0 Å². The largest absolute Gasteiger partial charge is 0.296 e. The van der Waals surface area contributed by atoms with Crippen LogP contribution in [-0.2, 0) is 6.42 Å². The van der Waals surface area contributed by atoms with E-state index in [9.17, 15) is 9.18 Å². The van der Waals surface area contributed by atoms with E-state index >= 15 is 0 Å². The van der Waals surface area contributed by atoms with Crippen LogP contribution in [0.5, 0.6) is 0 Å². The van der Waals surface area contributed by atoms with E-state index in [2.05, 4.69) is 10.3 Å². The molecule has 0 spiro atoms. The molecule has 0 aliphatic carbocycles. The van der Waals surface area contributed by atoms with Crippen LogP contribution in [0.3, 0.4) is 0 Å². The number of hydrogen-bond acceptors (Lipinski definition) is 3. The zero-order valence-electron chi connectivity index (χ0n) is 8.72. The number of nitrogens with zero attached hydrogens (tertiary/aromatic N) is 3. The molecule has 5 heteroatoms. The predicted octanol–water partition coefficient (Wildman–Crippen LogP) is 1.78. The summed E-state index contributed by atoms with van der Waals surface area (Å²) >= 11 is 0. The normalized spacial score (nSPS) is 10.4. The van der Waals surface area contributed by atoms with Crippen molar-refractivity contribution in [2.75, 3.05) is 0 Å². The Labute approximate surface area is 91.7 Å². The number of hydrogen-bond donors (Lipinski definition) is 0. The summed E-state index contributed by atoms with van der Waals surface area (Å²) in [6.45, 7) is 1.86. The molecule has 0 aliphatic rings. The van der Waals surface area contributed by atoms with E-state index in [0.29, 0.717) is 24.1 Å². The summed E-state index contributed by atoms with van der Waals surface area (Å²) < 4.78 is 14.7. The van der Waals surface area contributed by atoms with E-state index in [-0.39, 0.29) is 5.69 Å². The minimum Gasteiger partial charge on any atom is -0.296 e. The van der Waals surface area contributed by atoms with Gasteiger partial charge in [-0.1, -0.05) is 24.3 Å². The zero-order chi connectivity index (χ0) is 11.5. The molecule has 1 aromatic carbocycles. The number of para-hydroxylation sites is 1. The van der Waals surface area contributed by atoms with E-state index in [1.165, 1.54) is 10.7 Å². The minimum atomic E-state index is -0.432. The molecule has 1 heterocycles. The number of aldehydes is 1. The minimum absolute atomic E-state index is 0.233. The van der Waals surface area contributed by atoms with Crippen molar-refractivity contribution in [3.05, 3.63) is 41.5 Å². The fraction of sp³-hybridized carbons (Fsp3) is 0.182. The van der Waals surface area contributed by atoms with Crippen LogP contribution in [0.1, 0.15) is 23.1 Å². The summed E-state index contributed by atoms with van der Waals surface area (Å²) in [6.07, 6.45) is 1.23. The molecule has 82 valence electrons. The molecule has 0 radical (unpaired) electrons. The second-order valence-corrected chi connectivity index (χ2v) is 3.26. The highest BCUT2D eigenvalue weighted by atomic mass is 19.1. The molecular weight excluding hydrogens is 209 g/mol. The predicted molar refractivity (Wildman–Crippen MR) is 56.1 cm³/mol. The number of carbonyl (C=O) groups is 1. The van der Waals surface area contributed by atoms with Crippen molar-refractivity contribution in [2.24, 2.45) is 0 Å². The molecule has 1 aromatic heterocycles. The van der Waals surface area contributed by atoms with Crippen molar-refractivity contribution in [3.8, 4) is 5.69 Å². The van der Waals surface area contributed by atoms with Gasteiger partial charge in [-0.05, 0) is 18.6 Å². The van der Waals surface area contributed by atoms with Crippen molar-refractivity contribution in [1.29, 1.82) is 0 Å². The first kappa shape index (κ1) is 10.5. The van der Waals surface area contributed by atoms with Crippen LogP contribution in [0.15, 0.2) is 24.3 Å². The maximum atomic E-state index is 13.5. The lowest BCUT2D eigenvalue weighted by Gasteiger charge is -2.03. The first-order valence-corrected chi connectivity index (χ1v) is 4.92. The van der Waals surface area contributed by atoms with E-state index in [1.54, 1.807) is 18.2 Å². The lowest BCUT2D eigenvalue weighted by molar-refractivity contribution is 0.111. The highest BCUT2D eigenvalue weighted by molar-refractivity contribution is 5.74. The van der Waals surface area contributed by atoms with Crippen LogP contribution in [-0.4, -0.2) is 21.3 Å². The number of rotatable bonds is 3. The molecular formula is C11H10FN3O. The Kier molecular flexibility index (Phi) is 2.76. The summed E-state index contributed by atoms with van der Waals surface area (Å²) in [4.78, 5) is 10.9. The lowest BCUT2D eigenvalue weighted by atomic mass is 10.2. The Bertz CT molecular complexity index is 522. The molecule has 0 aliphatic heterocycles. The smallest absolute Gasteiger partial charge is 0.170 e. The maximum Gasteiger partial charge on any atom is 0.170 e. The Morgan fingerprint density at radius 2 is 2.19 bits per heavy atom. The zero-order valence-corrected chi connectivity index (χ0v) is 8.72. The second kappa shape index (κ2) is 4.22. The van der Waals surface area contributed by atoms with Crippen LogP contribution in [0.4, 0.5) is 4.39 Å². The van der Waals surface area contributed by atoms with Gasteiger partial charge >= 0.3 is 0 Å². The average molecular weight is 219 g/mol. The summed E-state index contributed by atoms with van der Waals surface area (Å²) in [5, 5.41) is 7.62. The number of benzene rings is 1. The highest BCUT2D eigenvalue weighted by Gasteiger charge is 2.14. The molecule has 0 amide bonds. The number of halogens is 1. The third kappa shape index (κ3) is 1.60. The Morgan fingerprint density at radius 3 is 2.81 bits per heavy atom. The summed E-state index contributed by atoms with van der Waals surface area (Å²) in [5.74, 6) is -0.432. The Morgan fingerprint density at radius 1 is 1.44 bits per heavy atom. The van der Waals surface area contributed by atoms with Crippen molar-refractivity contribution >= 4 is 6.29 Å². The van der Waals surface area contributed by atoms with E-state index in [0.717, 1.165) is 0 Å². The van der Waals surface area contributed by atoms with Gasteiger partial charge in [0.2, 0.25) is 0 Å². The highest BCUT2D eigenvalue weighted by Crippen LogP contribution is 2.15. The standard InChI is InChI=1S/C11H10FN3O/c1-2-9-11(7-16)15(14-13-9)10-6-4-3-5-8(10)12/h3-7H,2H2,1H3. The van der Waals surface area contributed by atoms with E-state index in [1.807, 2.05) is 6.92 Å². The maximum absolute atomic E-state index is 13.5. The SMILES string of the molecule is CCc1nnn(-c2ccccc2F)c1C=O. The van der Waals surface area contributed by atoms with Crippen LogP contribution >= 0.6 is 0 Å². The molecule has 0 fully saturated rings. The van der Waals surface area contributed by atoms with Crippen molar-refractivity contribution < 1.29 is 9.18 Å². The number of aromatic nitrogens is 3. The quantitative estimate of drug-likeness (QED) is 0.739. The van der Waals surface area contributed by atoms with Gasteiger partial charge in [0.1, 0.15) is 17.2 Å². The van der Waals surface area contributed by atoms with Gasteiger partial charge in [-0.15, -0.1) is 5.10 Å². The average Bonchev–Trinajstić information content (AvgIpc) is 2.72. The fourth-order valence-corrected chi connectivity index (χ4v) is 1.49. The third-order valence-corrected chi connectivity index (χ3v) is 2.31. The van der Waals surface area contributed by atoms with Crippen LogP contribution in [0.2, 0.25) is 0 Å². The molecule has 4 nitrogen and oxygen atoms in total.